The van der Waals surface area contributed by atoms with Gasteiger partial charge in [0.15, 0.2) is 5.78 Å². The van der Waals surface area contributed by atoms with Crippen molar-refractivity contribution >= 4 is 45.6 Å². The van der Waals surface area contributed by atoms with Crippen LogP contribution in [0.2, 0.25) is 0 Å². The number of carbonyl (C=O) groups excluding carboxylic acids is 3. The summed E-state index contributed by atoms with van der Waals surface area (Å²) in [7, 11) is 0. The Bertz CT molecular complexity index is 1000. The number of Topliss-reactive ketones (excluding diaryl/α,β-unsaturated/α-hetero) is 2. The number of esters is 1. The van der Waals surface area contributed by atoms with Gasteiger partial charge in [0, 0.05) is 0 Å². The van der Waals surface area contributed by atoms with Crippen molar-refractivity contribution in [2.75, 3.05) is 6.61 Å². The largest absolute Gasteiger partial charge is 0.460 e. The van der Waals surface area contributed by atoms with Gasteiger partial charge in [-0.1, -0.05) is 91.0 Å². The van der Waals surface area contributed by atoms with Gasteiger partial charge in [-0.3, -0.25) is 9.59 Å². The number of ether oxygens (including phenoxy) is 1. The zero-order valence-corrected chi connectivity index (χ0v) is 17.8. The van der Waals surface area contributed by atoms with Crippen molar-refractivity contribution in [3.05, 3.63) is 91.0 Å². The molecule has 0 radical (unpaired) electrons. The highest BCUT2D eigenvalue weighted by molar-refractivity contribution is 7.98. The molecular weight excluding hydrogens is 395 g/mol. The molecule has 0 saturated carbocycles. The number of hydrogen-bond acceptors (Lipinski definition) is 4. The maximum absolute atomic E-state index is 13.3. The van der Waals surface area contributed by atoms with Crippen molar-refractivity contribution < 1.29 is 19.1 Å². The van der Waals surface area contributed by atoms with E-state index >= 15 is 0 Å². The SMILES string of the molecule is CCOC(=O)C(=O)C(C(C)=O)=P(c1ccccc1)(c1ccccc1)c1ccccc1. The molecule has 0 heterocycles. The normalized spacial score (nSPS) is 10.9. The van der Waals surface area contributed by atoms with Gasteiger partial charge in [0.05, 0.1) is 11.9 Å². The third kappa shape index (κ3) is 3.92. The van der Waals surface area contributed by atoms with Gasteiger partial charge in [0.25, 0.3) is 5.78 Å². The van der Waals surface area contributed by atoms with Crippen molar-refractivity contribution in [1.82, 2.24) is 0 Å². The summed E-state index contributed by atoms with van der Waals surface area (Å²) in [6.07, 6.45) is 0. The molecule has 0 aromatic heterocycles. The molecule has 5 heteroatoms. The summed E-state index contributed by atoms with van der Waals surface area (Å²) in [5.74, 6) is -2.32. The van der Waals surface area contributed by atoms with Crippen LogP contribution >= 0.6 is 6.89 Å². The molecule has 3 aromatic carbocycles. The molecule has 0 unspecified atom stereocenters. The van der Waals surface area contributed by atoms with Crippen LogP contribution in [0.5, 0.6) is 0 Å². The fourth-order valence-corrected chi connectivity index (χ4v) is 8.03. The molecule has 3 aromatic rings. The fourth-order valence-electron chi connectivity index (χ4n) is 3.63. The van der Waals surface area contributed by atoms with E-state index in [1.807, 2.05) is 91.0 Å². The van der Waals surface area contributed by atoms with Crippen molar-refractivity contribution in [2.24, 2.45) is 0 Å². The van der Waals surface area contributed by atoms with Gasteiger partial charge >= 0.3 is 5.97 Å². The molecular formula is C25H23O4P. The van der Waals surface area contributed by atoms with Crippen molar-refractivity contribution in [3.8, 4) is 0 Å². The standard InChI is InChI=1S/C25H23O4P/c1-3-29-25(28)23(27)24(19(2)26)30(20-13-7-4-8-14-20,21-15-9-5-10-16-21)22-17-11-6-12-18-22/h4-18H,3H2,1-2H3. The van der Waals surface area contributed by atoms with E-state index in [1.165, 1.54) is 6.92 Å². The summed E-state index contributed by atoms with van der Waals surface area (Å²) in [5, 5.41) is 2.45. The highest BCUT2D eigenvalue weighted by Gasteiger charge is 2.38. The van der Waals surface area contributed by atoms with Crippen LogP contribution in [0.1, 0.15) is 13.8 Å². The van der Waals surface area contributed by atoms with E-state index in [0.717, 1.165) is 15.9 Å². The van der Waals surface area contributed by atoms with Crippen LogP contribution in [0.15, 0.2) is 91.0 Å². The minimum atomic E-state index is -2.94. The smallest absolute Gasteiger partial charge is 0.379 e. The molecule has 0 N–H and O–H groups in total. The minimum Gasteiger partial charge on any atom is -0.460 e. The minimum absolute atomic E-state index is 0.0236. The molecule has 0 bridgehead atoms. The second-order valence-electron chi connectivity index (χ2n) is 6.63. The molecule has 0 saturated heterocycles. The van der Waals surface area contributed by atoms with E-state index in [1.54, 1.807) is 6.92 Å². The predicted octanol–water partition coefficient (Wildman–Crippen LogP) is 2.87. The molecule has 0 aliphatic carbocycles. The van der Waals surface area contributed by atoms with Crippen molar-refractivity contribution in [2.45, 2.75) is 13.8 Å². The monoisotopic (exact) mass is 418 g/mol. The maximum Gasteiger partial charge on any atom is 0.379 e. The summed E-state index contributed by atoms with van der Waals surface area (Å²) < 4.78 is 4.99. The highest BCUT2D eigenvalue weighted by Crippen LogP contribution is 2.46. The number of rotatable bonds is 7. The average Bonchev–Trinajstić information content (AvgIpc) is 2.78. The molecule has 0 atom stereocenters. The first-order chi connectivity index (χ1) is 14.5. The summed E-state index contributed by atoms with van der Waals surface area (Å²) >= 11 is 0. The third-order valence-corrected chi connectivity index (χ3v) is 9.18. The van der Waals surface area contributed by atoms with E-state index < -0.39 is 24.4 Å². The molecule has 4 nitrogen and oxygen atoms in total. The summed E-state index contributed by atoms with van der Waals surface area (Å²) in [6, 6.07) is 28.4. The lowest BCUT2D eigenvalue weighted by molar-refractivity contribution is -0.150. The summed E-state index contributed by atoms with van der Waals surface area (Å²) in [5.41, 5.74) is 0. The Labute approximate surface area is 176 Å². The predicted molar refractivity (Wildman–Crippen MR) is 122 cm³/mol. The van der Waals surface area contributed by atoms with E-state index in [2.05, 4.69) is 0 Å². The Morgan fingerprint density at radius 1 is 0.700 bits per heavy atom. The quantitative estimate of drug-likeness (QED) is 0.256. The van der Waals surface area contributed by atoms with Crippen molar-refractivity contribution in [1.29, 1.82) is 0 Å². The summed E-state index contributed by atoms with van der Waals surface area (Å²) in [6.45, 7) is 0.0971. The Morgan fingerprint density at radius 3 is 1.37 bits per heavy atom. The van der Waals surface area contributed by atoms with Crippen LogP contribution in [0.3, 0.4) is 0 Å². The molecule has 0 spiro atoms. The number of ketones is 2. The van der Waals surface area contributed by atoms with E-state index in [0.29, 0.717) is 0 Å². The zero-order valence-electron chi connectivity index (χ0n) is 16.9. The first-order valence-corrected chi connectivity index (χ1v) is 11.5. The lowest BCUT2D eigenvalue weighted by atomic mass is 10.2. The molecule has 3 rings (SSSR count). The van der Waals surface area contributed by atoms with Gasteiger partial charge in [0.1, 0.15) is 0 Å². The Hall–Kier alpha value is -3.23. The maximum atomic E-state index is 13.3. The molecule has 0 aliphatic heterocycles. The topological polar surface area (TPSA) is 60.4 Å². The van der Waals surface area contributed by atoms with Gasteiger partial charge in [-0.15, -0.1) is 0 Å². The fraction of sp³-hybridized carbons (Fsp3) is 0.120. The average molecular weight is 418 g/mol. The number of benzene rings is 3. The zero-order chi connectivity index (χ0) is 21.6. The lowest BCUT2D eigenvalue weighted by Crippen LogP contribution is -2.40. The van der Waals surface area contributed by atoms with Gasteiger partial charge in [0.2, 0.25) is 0 Å². The molecule has 0 aliphatic rings. The van der Waals surface area contributed by atoms with Crippen LogP contribution < -0.4 is 15.9 Å². The van der Waals surface area contributed by atoms with Crippen LogP contribution in [-0.2, 0) is 19.1 Å². The third-order valence-electron chi connectivity index (χ3n) is 4.78. The molecule has 152 valence electrons. The first-order valence-electron chi connectivity index (χ1n) is 9.69. The van der Waals surface area contributed by atoms with Gasteiger partial charge in [-0.05, 0) is 36.6 Å². The first kappa shape index (κ1) is 21.5. The number of hydrogen-bond donors (Lipinski definition) is 0. The van der Waals surface area contributed by atoms with Gasteiger partial charge in [-0.2, -0.15) is 0 Å². The molecule has 30 heavy (non-hydrogen) atoms. The second-order valence-corrected chi connectivity index (χ2v) is 9.97. The van der Waals surface area contributed by atoms with Crippen LogP contribution in [0, 0.1) is 0 Å². The van der Waals surface area contributed by atoms with Gasteiger partial charge in [-0.25, -0.2) is 4.79 Å². The second kappa shape index (κ2) is 9.51. The van der Waals surface area contributed by atoms with Crippen LogP contribution in [0.25, 0.3) is 0 Å². The van der Waals surface area contributed by atoms with E-state index in [9.17, 15) is 14.4 Å². The van der Waals surface area contributed by atoms with E-state index in [-0.39, 0.29) is 11.9 Å². The summed E-state index contributed by atoms with van der Waals surface area (Å²) in [4.78, 5) is 38.9. The van der Waals surface area contributed by atoms with E-state index in [4.69, 9.17) is 4.74 Å². The van der Waals surface area contributed by atoms with Gasteiger partial charge < -0.3 is 4.74 Å². The number of carbonyl (C=O) groups is 3. The van der Waals surface area contributed by atoms with Crippen LogP contribution in [-0.4, -0.2) is 29.4 Å². The molecule has 0 fully saturated rings. The highest BCUT2D eigenvalue weighted by atomic mass is 31.2. The Kier molecular flexibility index (Phi) is 6.81. The Balaban J connectivity index is 2.59. The Morgan fingerprint density at radius 2 is 1.07 bits per heavy atom. The lowest BCUT2D eigenvalue weighted by Gasteiger charge is -2.31. The molecule has 0 amide bonds. The van der Waals surface area contributed by atoms with Crippen LogP contribution in [0.4, 0.5) is 0 Å². The van der Waals surface area contributed by atoms with Crippen molar-refractivity contribution in [3.63, 3.8) is 0 Å².